The van der Waals surface area contributed by atoms with Gasteiger partial charge in [-0.3, -0.25) is 4.79 Å². The Labute approximate surface area is 177 Å². The summed E-state index contributed by atoms with van der Waals surface area (Å²) in [5, 5.41) is 3.86. The predicted octanol–water partition coefficient (Wildman–Crippen LogP) is 5.43. The van der Waals surface area contributed by atoms with E-state index < -0.39 is 0 Å². The molecule has 2 aromatic carbocycles. The summed E-state index contributed by atoms with van der Waals surface area (Å²) in [6.45, 7) is 2.11. The average molecular weight is 418 g/mol. The van der Waals surface area contributed by atoms with E-state index in [9.17, 15) is 4.79 Å². The van der Waals surface area contributed by atoms with Crippen LogP contribution in [0.4, 0.5) is 5.69 Å². The van der Waals surface area contributed by atoms with Crippen LogP contribution in [0.3, 0.4) is 0 Å². The quantitative estimate of drug-likeness (QED) is 0.328. The zero-order valence-corrected chi connectivity index (χ0v) is 17.5. The molecule has 29 heavy (non-hydrogen) atoms. The van der Waals surface area contributed by atoms with Crippen LogP contribution in [-0.2, 0) is 11.2 Å². The number of aromatic nitrogens is 2. The number of anilines is 1. The number of hydrogen-bond acceptors (Lipinski definition) is 5. The van der Waals surface area contributed by atoms with Crippen LogP contribution in [0.5, 0.6) is 0 Å². The molecule has 1 aliphatic rings. The number of thiophene rings is 1. The van der Waals surface area contributed by atoms with E-state index in [4.69, 9.17) is 9.97 Å². The normalized spacial score (nSPS) is 15.6. The van der Waals surface area contributed by atoms with Crippen molar-refractivity contribution in [3.05, 3.63) is 71.6 Å². The van der Waals surface area contributed by atoms with Gasteiger partial charge in [0.25, 0.3) is 0 Å². The molecule has 1 aliphatic heterocycles. The fraction of sp³-hybridized carbons (Fsp3) is 0.174. The first kappa shape index (κ1) is 18.3. The third-order valence-corrected chi connectivity index (χ3v) is 6.96. The van der Waals surface area contributed by atoms with Gasteiger partial charge < -0.3 is 4.90 Å². The molecule has 3 heterocycles. The fourth-order valence-corrected chi connectivity index (χ4v) is 5.35. The van der Waals surface area contributed by atoms with Gasteiger partial charge in [0.15, 0.2) is 5.82 Å². The molecule has 4 nitrogen and oxygen atoms in total. The number of carbonyl (C=O) groups excluding carboxylic acids is 1. The van der Waals surface area contributed by atoms with E-state index in [1.807, 2.05) is 64.9 Å². The Hall–Kier alpha value is -2.70. The van der Waals surface area contributed by atoms with E-state index in [2.05, 4.69) is 13.0 Å². The number of benzene rings is 2. The minimum absolute atomic E-state index is 0.118. The molecule has 5 rings (SSSR count). The summed E-state index contributed by atoms with van der Waals surface area (Å²) in [6, 6.07) is 20.4. The van der Waals surface area contributed by atoms with Gasteiger partial charge in [-0.15, -0.1) is 11.3 Å². The Morgan fingerprint density at radius 2 is 1.93 bits per heavy atom. The minimum atomic E-state index is 0.118. The van der Waals surface area contributed by atoms with Crippen LogP contribution < -0.4 is 4.90 Å². The highest BCUT2D eigenvalue weighted by Gasteiger charge is 2.30. The number of rotatable bonds is 4. The Morgan fingerprint density at radius 1 is 1.10 bits per heavy atom. The van der Waals surface area contributed by atoms with Crippen LogP contribution in [0, 0.1) is 0 Å². The first-order valence-electron chi connectivity index (χ1n) is 9.54. The van der Waals surface area contributed by atoms with Gasteiger partial charge in [0, 0.05) is 17.1 Å². The highest BCUT2D eigenvalue weighted by atomic mass is 32.2. The SMILES string of the molecule is C[C@@H]1Cc2ccccc2N1C(=O)CSc1nc(-c2cccs2)nc2ccccc12. The molecule has 0 unspecified atom stereocenters. The molecule has 2 aromatic heterocycles. The fourth-order valence-electron chi connectivity index (χ4n) is 3.82. The molecule has 0 saturated carbocycles. The molecular weight excluding hydrogens is 398 g/mol. The Bertz CT molecular complexity index is 1190. The minimum Gasteiger partial charge on any atom is -0.308 e. The van der Waals surface area contributed by atoms with Gasteiger partial charge in [-0.25, -0.2) is 9.97 Å². The highest BCUT2D eigenvalue weighted by Crippen LogP contribution is 2.34. The Balaban J connectivity index is 1.44. The number of nitrogens with zero attached hydrogens (tertiary/aromatic N) is 3. The second-order valence-corrected chi connectivity index (χ2v) is 8.99. The molecular formula is C23H19N3OS2. The van der Waals surface area contributed by atoms with E-state index in [1.54, 1.807) is 11.3 Å². The molecule has 0 bridgehead atoms. The van der Waals surface area contributed by atoms with Crippen LogP contribution in [0.15, 0.2) is 71.1 Å². The standard InChI is InChI=1S/C23H19N3OS2/c1-15-13-16-7-2-5-10-19(16)26(15)21(27)14-29-23-17-8-3-4-9-18(17)24-22(25-23)20-11-6-12-28-20/h2-12,15H,13-14H2,1H3/t15-/m1/s1. The van der Waals surface area contributed by atoms with Gasteiger partial charge in [-0.05, 0) is 42.5 Å². The first-order valence-corrected chi connectivity index (χ1v) is 11.4. The van der Waals surface area contributed by atoms with Crippen LogP contribution in [0.25, 0.3) is 21.6 Å². The molecule has 4 aromatic rings. The monoisotopic (exact) mass is 417 g/mol. The molecule has 1 amide bonds. The Kier molecular flexibility index (Phi) is 4.81. The molecule has 6 heteroatoms. The third kappa shape index (κ3) is 3.43. The van der Waals surface area contributed by atoms with Crippen molar-refractivity contribution < 1.29 is 4.79 Å². The van der Waals surface area contributed by atoms with Crippen molar-refractivity contribution in [3.63, 3.8) is 0 Å². The van der Waals surface area contributed by atoms with E-state index in [0.29, 0.717) is 11.6 Å². The van der Waals surface area contributed by atoms with E-state index in [1.165, 1.54) is 17.3 Å². The third-order valence-electron chi connectivity index (χ3n) is 5.12. The number of amides is 1. The molecule has 0 spiro atoms. The molecule has 0 aliphatic carbocycles. The number of fused-ring (bicyclic) bond motifs is 2. The zero-order chi connectivity index (χ0) is 19.8. The van der Waals surface area contributed by atoms with E-state index in [-0.39, 0.29) is 11.9 Å². The molecule has 0 saturated heterocycles. The van der Waals surface area contributed by atoms with Crippen molar-refractivity contribution in [1.82, 2.24) is 9.97 Å². The number of hydrogen-bond donors (Lipinski definition) is 0. The average Bonchev–Trinajstić information content (AvgIpc) is 3.39. The van der Waals surface area contributed by atoms with Gasteiger partial charge in [0.2, 0.25) is 5.91 Å². The van der Waals surface area contributed by atoms with Crippen molar-refractivity contribution in [1.29, 1.82) is 0 Å². The summed E-state index contributed by atoms with van der Waals surface area (Å²) in [5.41, 5.74) is 3.18. The number of thioether (sulfide) groups is 1. The van der Waals surface area contributed by atoms with Crippen LogP contribution in [0.1, 0.15) is 12.5 Å². The summed E-state index contributed by atoms with van der Waals surface area (Å²) in [5.74, 6) is 1.19. The molecule has 0 fully saturated rings. The first-order chi connectivity index (χ1) is 14.2. The lowest BCUT2D eigenvalue weighted by molar-refractivity contribution is -0.116. The maximum atomic E-state index is 13.1. The lowest BCUT2D eigenvalue weighted by atomic mass is 10.1. The van der Waals surface area contributed by atoms with E-state index >= 15 is 0 Å². The lowest BCUT2D eigenvalue weighted by Gasteiger charge is -2.22. The largest absolute Gasteiger partial charge is 0.308 e. The van der Waals surface area contributed by atoms with Gasteiger partial charge in [0.1, 0.15) is 5.03 Å². The summed E-state index contributed by atoms with van der Waals surface area (Å²) < 4.78 is 0. The van der Waals surface area contributed by atoms with Crippen molar-refractivity contribution in [2.24, 2.45) is 0 Å². The maximum Gasteiger partial charge on any atom is 0.237 e. The second kappa shape index (κ2) is 7.61. The molecule has 0 N–H and O–H groups in total. The number of carbonyl (C=O) groups is 1. The van der Waals surface area contributed by atoms with Crippen molar-refractivity contribution in [3.8, 4) is 10.7 Å². The van der Waals surface area contributed by atoms with Gasteiger partial charge in [-0.2, -0.15) is 0 Å². The molecule has 0 radical (unpaired) electrons. The molecule has 1 atom stereocenters. The summed E-state index contributed by atoms with van der Waals surface area (Å²) in [4.78, 5) is 25.6. The smallest absolute Gasteiger partial charge is 0.237 e. The van der Waals surface area contributed by atoms with Crippen LogP contribution in [-0.4, -0.2) is 27.7 Å². The van der Waals surface area contributed by atoms with Crippen LogP contribution in [0.2, 0.25) is 0 Å². The zero-order valence-electron chi connectivity index (χ0n) is 15.9. The molecule has 144 valence electrons. The lowest BCUT2D eigenvalue weighted by Crippen LogP contribution is -2.37. The predicted molar refractivity (Wildman–Crippen MR) is 121 cm³/mol. The van der Waals surface area contributed by atoms with E-state index in [0.717, 1.165) is 32.9 Å². The van der Waals surface area contributed by atoms with Crippen molar-refractivity contribution >= 4 is 45.6 Å². The second-order valence-electron chi connectivity index (χ2n) is 7.08. The van der Waals surface area contributed by atoms with Crippen LogP contribution >= 0.6 is 23.1 Å². The summed E-state index contributed by atoms with van der Waals surface area (Å²) in [6.07, 6.45) is 0.908. The van der Waals surface area contributed by atoms with Crippen molar-refractivity contribution in [2.75, 3.05) is 10.7 Å². The van der Waals surface area contributed by atoms with Gasteiger partial charge in [-0.1, -0.05) is 54.2 Å². The maximum absolute atomic E-state index is 13.1. The number of para-hydroxylation sites is 2. The van der Waals surface area contributed by atoms with Gasteiger partial charge >= 0.3 is 0 Å². The topological polar surface area (TPSA) is 46.1 Å². The summed E-state index contributed by atoms with van der Waals surface area (Å²) >= 11 is 3.12. The highest BCUT2D eigenvalue weighted by molar-refractivity contribution is 8.00. The van der Waals surface area contributed by atoms with Crippen molar-refractivity contribution in [2.45, 2.75) is 24.4 Å². The Morgan fingerprint density at radius 3 is 2.79 bits per heavy atom. The van der Waals surface area contributed by atoms with Gasteiger partial charge in [0.05, 0.1) is 16.1 Å². The summed E-state index contributed by atoms with van der Waals surface area (Å²) in [7, 11) is 0.